The van der Waals surface area contributed by atoms with E-state index in [1.165, 1.54) is 6.26 Å². The number of rotatable bonds is 4. The molecule has 2 rings (SSSR count). The average Bonchev–Trinajstić information content (AvgIpc) is 2.71. The lowest BCUT2D eigenvalue weighted by Crippen LogP contribution is -2.21. The van der Waals surface area contributed by atoms with Crippen molar-refractivity contribution in [1.29, 1.82) is 0 Å². The number of aryl methyl sites for hydroxylation is 1. The van der Waals surface area contributed by atoms with Crippen LogP contribution in [0, 0.1) is 0 Å². The van der Waals surface area contributed by atoms with Crippen molar-refractivity contribution in [2.45, 2.75) is 10.9 Å². The first kappa shape index (κ1) is 15.1. The van der Waals surface area contributed by atoms with Gasteiger partial charge in [-0.1, -0.05) is 17.3 Å². The molecule has 0 aliphatic rings. The third-order valence-corrected chi connectivity index (χ3v) is 4.72. The molecule has 2 aromatic rings. The molecular weight excluding hydrogens is 344 g/mol. The maximum absolute atomic E-state index is 11.5. The molecule has 0 aliphatic carbocycles. The summed E-state index contributed by atoms with van der Waals surface area (Å²) < 4.78 is 25.3. The van der Waals surface area contributed by atoms with E-state index in [-0.39, 0.29) is 6.04 Å². The Morgan fingerprint density at radius 2 is 1.90 bits per heavy atom. The normalized spacial score (nSPS) is 13.4. The predicted molar refractivity (Wildman–Crippen MR) is 79.2 cm³/mol. The molecule has 1 N–H and O–H groups in total. The van der Waals surface area contributed by atoms with E-state index in [4.69, 9.17) is 0 Å². The topological polar surface area (TPSA) is 76.9 Å². The quantitative estimate of drug-likeness (QED) is 0.890. The Balaban J connectivity index is 2.43. The molecule has 1 aromatic carbocycles. The smallest absolute Gasteiger partial charge is 0.175 e. The number of nitrogens with zero attached hydrogens (tertiary/aromatic N) is 3. The van der Waals surface area contributed by atoms with E-state index < -0.39 is 9.84 Å². The Labute approximate surface area is 126 Å². The van der Waals surface area contributed by atoms with E-state index in [1.54, 1.807) is 28.9 Å². The highest BCUT2D eigenvalue weighted by atomic mass is 79.9. The highest BCUT2D eigenvalue weighted by molar-refractivity contribution is 9.10. The fraction of sp³-hybridized carbons (Fsp3) is 0.333. The monoisotopic (exact) mass is 358 g/mol. The van der Waals surface area contributed by atoms with Crippen LogP contribution in [-0.4, -0.2) is 36.7 Å². The van der Waals surface area contributed by atoms with Gasteiger partial charge >= 0.3 is 0 Å². The summed E-state index contributed by atoms with van der Waals surface area (Å²) in [6, 6.07) is 6.66. The van der Waals surface area contributed by atoms with Gasteiger partial charge in [-0.15, -0.1) is 5.10 Å². The molecule has 1 atom stereocenters. The Morgan fingerprint density at radius 1 is 1.30 bits per heavy atom. The minimum absolute atomic E-state index is 0.127. The highest BCUT2D eigenvalue weighted by Crippen LogP contribution is 2.27. The predicted octanol–water partition coefficient (Wildman–Crippen LogP) is 1.29. The number of sulfone groups is 1. The maximum Gasteiger partial charge on any atom is 0.175 e. The van der Waals surface area contributed by atoms with Crippen molar-refractivity contribution in [2.75, 3.05) is 13.3 Å². The lowest BCUT2D eigenvalue weighted by molar-refractivity contribution is 0.595. The molecule has 0 fully saturated rings. The summed E-state index contributed by atoms with van der Waals surface area (Å²) in [7, 11) is 0.454. The summed E-state index contributed by atoms with van der Waals surface area (Å²) in [6.07, 6.45) is 1.19. The summed E-state index contributed by atoms with van der Waals surface area (Å²) in [5.74, 6) is 0. The van der Waals surface area contributed by atoms with Gasteiger partial charge in [0.25, 0.3) is 0 Å². The SMILES string of the molecule is CNC(c1ccc(S(C)(=O)=O)cc1)c1c(Br)nnn1C. The van der Waals surface area contributed by atoms with Gasteiger partial charge in [0.15, 0.2) is 14.4 Å². The van der Waals surface area contributed by atoms with Crippen molar-refractivity contribution < 1.29 is 8.42 Å². The molecule has 20 heavy (non-hydrogen) atoms. The molecule has 1 heterocycles. The molecule has 0 aliphatic heterocycles. The molecule has 6 nitrogen and oxygen atoms in total. The molecule has 0 amide bonds. The number of aromatic nitrogens is 3. The minimum atomic E-state index is -3.18. The minimum Gasteiger partial charge on any atom is -0.308 e. The zero-order valence-electron chi connectivity index (χ0n) is 11.3. The highest BCUT2D eigenvalue weighted by Gasteiger charge is 2.20. The lowest BCUT2D eigenvalue weighted by atomic mass is 10.0. The van der Waals surface area contributed by atoms with Crippen LogP contribution in [0.3, 0.4) is 0 Å². The zero-order chi connectivity index (χ0) is 14.9. The van der Waals surface area contributed by atoms with Gasteiger partial charge in [-0.2, -0.15) is 0 Å². The van der Waals surface area contributed by atoms with Crippen molar-refractivity contribution >= 4 is 25.8 Å². The van der Waals surface area contributed by atoms with Crippen molar-refractivity contribution in [3.8, 4) is 0 Å². The Hall–Kier alpha value is -1.25. The largest absolute Gasteiger partial charge is 0.308 e. The molecule has 1 unspecified atom stereocenters. The van der Waals surface area contributed by atoms with Gasteiger partial charge in [0, 0.05) is 13.3 Å². The number of hydrogen-bond acceptors (Lipinski definition) is 5. The molecule has 0 bridgehead atoms. The number of benzene rings is 1. The fourth-order valence-corrected chi connectivity index (χ4v) is 3.20. The standard InChI is InChI=1S/C12H15BrN4O2S/c1-14-10(11-12(13)15-16-17(11)2)8-4-6-9(7-5-8)20(3,18)19/h4-7,10,14H,1-3H3. The van der Waals surface area contributed by atoms with Gasteiger partial charge < -0.3 is 5.32 Å². The third kappa shape index (κ3) is 2.92. The molecular formula is C12H15BrN4O2S. The summed E-state index contributed by atoms with van der Waals surface area (Å²) >= 11 is 3.37. The molecule has 108 valence electrons. The van der Waals surface area contributed by atoms with Crippen LogP contribution in [0.1, 0.15) is 17.3 Å². The first-order valence-electron chi connectivity index (χ1n) is 5.87. The number of halogens is 1. The zero-order valence-corrected chi connectivity index (χ0v) is 13.7. The molecule has 0 saturated carbocycles. The van der Waals surface area contributed by atoms with Crippen LogP contribution in [0.4, 0.5) is 0 Å². The van der Waals surface area contributed by atoms with Crippen LogP contribution in [0.2, 0.25) is 0 Å². The Kier molecular flexibility index (Phi) is 4.26. The first-order chi connectivity index (χ1) is 9.34. The maximum atomic E-state index is 11.5. The van der Waals surface area contributed by atoms with Crippen LogP contribution < -0.4 is 5.32 Å². The van der Waals surface area contributed by atoms with Gasteiger partial charge in [-0.05, 0) is 40.7 Å². The summed E-state index contributed by atoms with van der Waals surface area (Å²) in [4.78, 5) is 0.304. The van der Waals surface area contributed by atoms with Crippen molar-refractivity contribution in [3.63, 3.8) is 0 Å². The molecule has 8 heteroatoms. The van der Waals surface area contributed by atoms with Crippen molar-refractivity contribution in [3.05, 3.63) is 40.1 Å². The van der Waals surface area contributed by atoms with Gasteiger partial charge in [-0.3, -0.25) is 0 Å². The van der Waals surface area contributed by atoms with Gasteiger partial charge in [0.2, 0.25) is 0 Å². The molecule has 1 aromatic heterocycles. The molecule has 0 spiro atoms. The lowest BCUT2D eigenvalue weighted by Gasteiger charge is -2.17. The van der Waals surface area contributed by atoms with Crippen LogP contribution in [0.25, 0.3) is 0 Å². The summed E-state index contributed by atoms with van der Waals surface area (Å²) in [6.45, 7) is 0. The van der Waals surface area contributed by atoms with Gasteiger partial charge in [0.1, 0.15) is 0 Å². The average molecular weight is 359 g/mol. The van der Waals surface area contributed by atoms with E-state index in [0.29, 0.717) is 9.50 Å². The van der Waals surface area contributed by atoms with Crippen LogP contribution in [-0.2, 0) is 16.9 Å². The Bertz CT molecular complexity index is 690. The third-order valence-electron chi connectivity index (χ3n) is 3.03. The Morgan fingerprint density at radius 3 is 2.30 bits per heavy atom. The molecule has 0 saturated heterocycles. The summed E-state index contributed by atoms with van der Waals surface area (Å²) in [5.41, 5.74) is 1.81. The molecule has 0 radical (unpaired) electrons. The van der Waals surface area contributed by atoms with Gasteiger partial charge in [-0.25, -0.2) is 13.1 Å². The fourth-order valence-electron chi connectivity index (χ4n) is 2.01. The first-order valence-corrected chi connectivity index (χ1v) is 8.55. The summed E-state index contributed by atoms with van der Waals surface area (Å²) in [5, 5.41) is 11.1. The number of nitrogens with one attached hydrogen (secondary N) is 1. The van der Waals surface area contributed by atoms with Crippen LogP contribution in [0.15, 0.2) is 33.8 Å². The van der Waals surface area contributed by atoms with E-state index in [1.807, 2.05) is 14.1 Å². The second-order valence-electron chi connectivity index (χ2n) is 4.45. The van der Waals surface area contributed by atoms with Crippen LogP contribution in [0.5, 0.6) is 0 Å². The van der Waals surface area contributed by atoms with E-state index in [2.05, 4.69) is 31.6 Å². The van der Waals surface area contributed by atoms with Crippen LogP contribution >= 0.6 is 15.9 Å². The van der Waals surface area contributed by atoms with Crippen molar-refractivity contribution in [2.24, 2.45) is 7.05 Å². The van der Waals surface area contributed by atoms with E-state index >= 15 is 0 Å². The number of hydrogen-bond donors (Lipinski definition) is 1. The second-order valence-corrected chi connectivity index (χ2v) is 7.22. The van der Waals surface area contributed by atoms with Crippen molar-refractivity contribution in [1.82, 2.24) is 20.3 Å². The van der Waals surface area contributed by atoms with Gasteiger partial charge in [0.05, 0.1) is 16.6 Å². The van der Waals surface area contributed by atoms with E-state index in [0.717, 1.165) is 11.3 Å². The van der Waals surface area contributed by atoms with E-state index in [9.17, 15) is 8.42 Å². The second kappa shape index (κ2) is 5.63.